The Hall–Kier alpha value is -2.61. The van der Waals surface area contributed by atoms with Gasteiger partial charge >= 0.3 is 0 Å². The maximum absolute atomic E-state index is 13.8. The molecule has 0 radical (unpaired) electrons. The van der Waals surface area contributed by atoms with Gasteiger partial charge in [-0.25, -0.2) is 9.37 Å². The molecule has 0 atom stereocenters. The molecule has 0 spiro atoms. The monoisotopic (exact) mass is 329 g/mol. The molecule has 1 N–H and O–H groups in total. The minimum atomic E-state index is -0.383. The van der Waals surface area contributed by atoms with Crippen molar-refractivity contribution >= 4 is 0 Å². The fraction of sp³-hybridized carbons (Fsp3) is 0.375. The number of rotatable bonds is 4. The summed E-state index contributed by atoms with van der Waals surface area (Å²) in [5.41, 5.74) is 0.313. The molecule has 0 saturated carbocycles. The van der Waals surface area contributed by atoms with Gasteiger partial charge in [0.25, 0.3) is 0 Å². The normalized spacial score (nSPS) is 15.7. The van der Waals surface area contributed by atoms with Crippen LogP contribution in [0, 0.1) is 5.82 Å². The number of nitrogens with one attached hydrogen (secondary N) is 1. The van der Waals surface area contributed by atoms with Crippen LogP contribution in [0.4, 0.5) is 4.39 Å². The van der Waals surface area contributed by atoms with Crippen molar-refractivity contribution in [3.63, 3.8) is 0 Å². The Balaban J connectivity index is 1.48. The summed E-state index contributed by atoms with van der Waals surface area (Å²) in [6.45, 7) is 1.48. The second-order valence-corrected chi connectivity index (χ2v) is 5.70. The van der Waals surface area contributed by atoms with Crippen molar-refractivity contribution in [1.82, 2.24) is 25.3 Å². The summed E-state index contributed by atoms with van der Waals surface area (Å²) in [7, 11) is 0. The van der Waals surface area contributed by atoms with Crippen LogP contribution in [-0.2, 0) is 11.2 Å². The third-order valence-corrected chi connectivity index (χ3v) is 4.04. The maximum Gasteiger partial charge on any atom is 0.234 e. The molecular formula is C16H16FN5O2. The van der Waals surface area contributed by atoms with Crippen molar-refractivity contribution < 1.29 is 13.7 Å². The number of ether oxygens (including phenoxy) is 1. The van der Waals surface area contributed by atoms with E-state index in [4.69, 9.17) is 9.26 Å². The Kier molecular flexibility index (Phi) is 4.04. The summed E-state index contributed by atoms with van der Waals surface area (Å²) >= 11 is 0. The molecule has 24 heavy (non-hydrogen) atoms. The third-order valence-electron chi connectivity index (χ3n) is 4.04. The van der Waals surface area contributed by atoms with Crippen LogP contribution in [0.2, 0.25) is 0 Å². The fourth-order valence-electron chi connectivity index (χ4n) is 2.75. The second-order valence-electron chi connectivity index (χ2n) is 5.70. The quantitative estimate of drug-likeness (QED) is 0.791. The summed E-state index contributed by atoms with van der Waals surface area (Å²) < 4.78 is 24.3. The lowest BCUT2D eigenvalue weighted by Crippen LogP contribution is -2.15. The number of hydrogen-bond donors (Lipinski definition) is 1. The average molecular weight is 329 g/mol. The molecule has 1 aliphatic heterocycles. The fourth-order valence-corrected chi connectivity index (χ4v) is 2.75. The first-order valence-electron chi connectivity index (χ1n) is 7.86. The Labute approximate surface area is 137 Å². The highest BCUT2D eigenvalue weighted by Crippen LogP contribution is 2.24. The zero-order chi connectivity index (χ0) is 16.4. The van der Waals surface area contributed by atoms with Gasteiger partial charge in [0.15, 0.2) is 5.82 Å². The van der Waals surface area contributed by atoms with E-state index in [1.54, 1.807) is 18.2 Å². The van der Waals surface area contributed by atoms with E-state index in [9.17, 15) is 4.39 Å². The number of hydrogen-bond acceptors (Lipinski definition) is 6. The molecule has 0 bridgehead atoms. The molecule has 0 amide bonds. The SMILES string of the molecule is Fc1ccccc1-c1noc(Cc2nc(C3CCOCC3)n[nH]2)n1. The van der Waals surface area contributed by atoms with Gasteiger partial charge in [-0.3, -0.25) is 5.10 Å². The smallest absolute Gasteiger partial charge is 0.234 e. The lowest BCUT2D eigenvalue weighted by atomic mass is 10.00. The zero-order valence-corrected chi connectivity index (χ0v) is 12.9. The van der Waals surface area contributed by atoms with Crippen molar-refractivity contribution in [3.8, 4) is 11.4 Å². The summed E-state index contributed by atoms with van der Waals surface area (Å²) in [5.74, 6) is 1.98. The highest BCUT2D eigenvalue weighted by Gasteiger charge is 2.21. The van der Waals surface area contributed by atoms with Crippen LogP contribution >= 0.6 is 0 Å². The van der Waals surface area contributed by atoms with Gasteiger partial charge in [0.05, 0.1) is 12.0 Å². The van der Waals surface area contributed by atoms with Crippen LogP contribution in [-0.4, -0.2) is 38.5 Å². The molecule has 4 rings (SSSR count). The van der Waals surface area contributed by atoms with Crippen LogP contribution in [0.5, 0.6) is 0 Å². The number of aromatic nitrogens is 5. The minimum absolute atomic E-state index is 0.229. The Bertz CT molecular complexity index is 825. The van der Waals surface area contributed by atoms with Crippen molar-refractivity contribution in [2.75, 3.05) is 13.2 Å². The second kappa shape index (κ2) is 6.48. The first kappa shape index (κ1) is 14.9. The topological polar surface area (TPSA) is 89.7 Å². The molecule has 7 nitrogen and oxygen atoms in total. The Morgan fingerprint density at radius 2 is 2.00 bits per heavy atom. The van der Waals surface area contributed by atoms with Crippen LogP contribution in [0.1, 0.15) is 36.3 Å². The van der Waals surface area contributed by atoms with Crippen molar-refractivity contribution in [3.05, 3.63) is 47.6 Å². The summed E-state index contributed by atoms with van der Waals surface area (Å²) in [6, 6.07) is 6.32. The van der Waals surface area contributed by atoms with Gasteiger partial charge in [0.1, 0.15) is 11.6 Å². The lowest BCUT2D eigenvalue weighted by Gasteiger charge is -2.18. The van der Waals surface area contributed by atoms with Crippen molar-refractivity contribution in [1.29, 1.82) is 0 Å². The third kappa shape index (κ3) is 3.05. The van der Waals surface area contributed by atoms with Crippen molar-refractivity contribution in [2.24, 2.45) is 0 Å². The van der Waals surface area contributed by atoms with Crippen LogP contribution in [0.25, 0.3) is 11.4 Å². The highest BCUT2D eigenvalue weighted by molar-refractivity contribution is 5.54. The maximum atomic E-state index is 13.8. The average Bonchev–Trinajstić information content (AvgIpc) is 3.26. The predicted octanol–water partition coefficient (Wildman–Crippen LogP) is 2.48. The van der Waals surface area contributed by atoms with Crippen molar-refractivity contribution in [2.45, 2.75) is 25.2 Å². The molecular weight excluding hydrogens is 313 g/mol. The lowest BCUT2D eigenvalue weighted by molar-refractivity contribution is 0.0836. The number of halogens is 1. The zero-order valence-electron chi connectivity index (χ0n) is 12.9. The molecule has 1 fully saturated rings. The first-order chi connectivity index (χ1) is 11.8. The standard InChI is InChI=1S/C16H16FN5O2/c17-12-4-2-1-3-11(12)16-19-14(24-22-16)9-13-18-15(21-20-13)10-5-7-23-8-6-10/h1-4,10H,5-9H2,(H,18,20,21). The molecule has 8 heteroatoms. The number of nitrogens with zero attached hydrogens (tertiary/aromatic N) is 4. The van der Waals surface area contributed by atoms with E-state index in [2.05, 4.69) is 25.3 Å². The molecule has 0 aliphatic carbocycles. The van der Waals surface area contributed by atoms with Gasteiger partial charge < -0.3 is 9.26 Å². The molecule has 3 aromatic rings. The van der Waals surface area contributed by atoms with E-state index >= 15 is 0 Å². The van der Waals surface area contributed by atoms with E-state index < -0.39 is 0 Å². The van der Waals surface area contributed by atoms with E-state index in [1.807, 2.05) is 0 Å². The molecule has 1 saturated heterocycles. The van der Waals surface area contributed by atoms with Crippen LogP contribution in [0.15, 0.2) is 28.8 Å². The van der Waals surface area contributed by atoms with Gasteiger partial charge in [0.2, 0.25) is 11.7 Å². The predicted molar refractivity (Wildman–Crippen MR) is 81.7 cm³/mol. The number of aromatic amines is 1. The number of H-pyrrole nitrogens is 1. The van der Waals surface area contributed by atoms with Gasteiger partial charge in [-0.1, -0.05) is 17.3 Å². The summed E-state index contributed by atoms with van der Waals surface area (Å²) in [5, 5.41) is 11.0. The molecule has 1 aliphatic rings. The van der Waals surface area contributed by atoms with Gasteiger partial charge in [-0.05, 0) is 25.0 Å². The van der Waals surface area contributed by atoms with Gasteiger partial charge in [-0.15, -0.1) is 0 Å². The van der Waals surface area contributed by atoms with E-state index in [0.29, 0.717) is 29.6 Å². The first-order valence-corrected chi connectivity index (χ1v) is 7.86. The van der Waals surface area contributed by atoms with Gasteiger partial charge in [-0.2, -0.15) is 10.1 Å². The molecule has 2 aromatic heterocycles. The highest BCUT2D eigenvalue weighted by atomic mass is 19.1. The molecule has 124 valence electrons. The van der Waals surface area contributed by atoms with Crippen LogP contribution < -0.4 is 0 Å². The molecule has 1 aromatic carbocycles. The Morgan fingerprint density at radius 1 is 1.17 bits per heavy atom. The molecule has 3 heterocycles. The number of benzene rings is 1. The largest absolute Gasteiger partial charge is 0.381 e. The summed E-state index contributed by atoms with van der Waals surface area (Å²) in [4.78, 5) is 8.74. The summed E-state index contributed by atoms with van der Waals surface area (Å²) in [6.07, 6.45) is 2.18. The Morgan fingerprint density at radius 3 is 2.83 bits per heavy atom. The van der Waals surface area contributed by atoms with E-state index in [-0.39, 0.29) is 11.6 Å². The van der Waals surface area contributed by atoms with E-state index in [0.717, 1.165) is 31.9 Å². The minimum Gasteiger partial charge on any atom is -0.381 e. The van der Waals surface area contributed by atoms with Crippen LogP contribution in [0.3, 0.4) is 0 Å². The van der Waals surface area contributed by atoms with Gasteiger partial charge in [0, 0.05) is 19.1 Å². The molecule has 0 unspecified atom stereocenters. The van der Waals surface area contributed by atoms with E-state index in [1.165, 1.54) is 6.07 Å².